The number of nitrogens with zero attached hydrogens (tertiary/aromatic N) is 2. The number of aryl methyl sites for hydroxylation is 1. The van der Waals surface area contributed by atoms with Crippen LogP contribution in [0.25, 0.3) is 10.9 Å². The second kappa shape index (κ2) is 2.58. The van der Waals surface area contributed by atoms with Crippen LogP contribution in [0.4, 0.5) is 5.82 Å². The van der Waals surface area contributed by atoms with Crippen LogP contribution in [0.3, 0.4) is 0 Å². The standard InChI is InChI=1S/C9H9N3O/c1-5-2-7-6(4-11-5)3-8(13)9(10)12-7/h2-4,13H,1H3,(H2,10,12). The van der Waals surface area contributed by atoms with Crippen molar-refractivity contribution >= 4 is 16.7 Å². The highest BCUT2D eigenvalue weighted by Crippen LogP contribution is 2.22. The van der Waals surface area contributed by atoms with Gasteiger partial charge >= 0.3 is 0 Å². The molecule has 0 spiro atoms. The third-order valence-electron chi connectivity index (χ3n) is 1.84. The molecule has 4 nitrogen and oxygen atoms in total. The van der Waals surface area contributed by atoms with Gasteiger partial charge in [-0.2, -0.15) is 0 Å². The molecule has 0 saturated heterocycles. The molecule has 0 atom stereocenters. The van der Waals surface area contributed by atoms with Gasteiger partial charge in [0.15, 0.2) is 11.6 Å². The minimum atomic E-state index is -0.00171. The summed E-state index contributed by atoms with van der Waals surface area (Å²) in [6.07, 6.45) is 1.66. The summed E-state index contributed by atoms with van der Waals surface area (Å²) in [5, 5.41) is 10.1. The number of fused-ring (bicyclic) bond motifs is 1. The van der Waals surface area contributed by atoms with Gasteiger partial charge in [-0.05, 0) is 19.1 Å². The highest BCUT2D eigenvalue weighted by Gasteiger charge is 2.02. The number of hydrogen-bond donors (Lipinski definition) is 2. The molecule has 0 saturated carbocycles. The second-order valence-electron chi connectivity index (χ2n) is 2.91. The summed E-state index contributed by atoms with van der Waals surface area (Å²) in [6.45, 7) is 1.88. The molecule has 0 aliphatic rings. The summed E-state index contributed by atoms with van der Waals surface area (Å²) in [5.41, 5.74) is 7.09. The zero-order valence-electron chi connectivity index (χ0n) is 7.15. The van der Waals surface area contributed by atoms with Gasteiger partial charge in [0.25, 0.3) is 0 Å². The van der Waals surface area contributed by atoms with E-state index in [-0.39, 0.29) is 11.6 Å². The van der Waals surface area contributed by atoms with E-state index in [4.69, 9.17) is 5.73 Å². The molecule has 2 aromatic heterocycles. The monoisotopic (exact) mass is 175 g/mol. The van der Waals surface area contributed by atoms with Crippen molar-refractivity contribution in [3.05, 3.63) is 24.0 Å². The third-order valence-corrected chi connectivity index (χ3v) is 1.84. The summed E-state index contributed by atoms with van der Waals surface area (Å²) in [4.78, 5) is 8.11. The van der Waals surface area contributed by atoms with Crippen molar-refractivity contribution in [2.45, 2.75) is 6.92 Å². The van der Waals surface area contributed by atoms with Gasteiger partial charge in [-0.3, -0.25) is 4.98 Å². The Kier molecular flexibility index (Phi) is 1.55. The van der Waals surface area contributed by atoms with Crippen LogP contribution in [0.2, 0.25) is 0 Å². The predicted molar refractivity (Wildman–Crippen MR) is 50.4 cm³/mol. The molecular weight excluding hydrogens is 166 g/mol. The Hall–Kier alpha value is -1.84. The van der Waals surface area contributed by atoms with Crippen LogP contribution in [-0.2, 0) is 0 Å². The fraction of sp³-hybridized carbons (Fsp3) is 0.111. The van der Waals surface area contributed by atoms with Gasteiger partial charge in [-0.25, -0.2) is 4.98 Å². The van der Waals surface area contributed by atoms with E-state index in [1.54, 1.807) is 12.3 Å². The molecular formula is C9H9N3O. The lowest BCUT2D eigenvalue weighted by Crippen LogP contribution is -1.92. The third kappa shape index (κ3) is 1.26. The van der Waals surface area contributed by atoms with Crippen molar-refractivity contribution in [2.24, 2.45) is 0 Å². The Morgan fingerprint density at radius 2 is 2.15 bits per heavy atom. The van der Waals surface area contributed by atoms with Gasteiger partial charge in [0, 0.05) is 17.3 Å². The molecule has 13 heavy (non-hydrogen) atoms. The van der Waals surface area contributed by atoms with E-state index in [9.17, 15) is 5.11 Å². The van der Waals surface area contributed by atoms with Crippen molar-refractivity contribution in [1.29, 1.82) is 0 Å². The summed E-state index contributed by atoms with van der Waals surface area (Å²) in [7, 11) is 0. The summed E-state index contributed by atoms with van der Waals surface area (Å²) < 4.78 is 0. The van der Waals surface area contributed by atoms with Crippen LogP contribution in [0.5, 0.6) is 5.75 Å². The molecule has 0 bridgehead atoms. The largest absolute Gasteiger partial charge is 0.504 e. The van der Waals surface area contributed by atoms with Crippen LogP contribution < -0.4 is 5.73 Å². The van der Waals surface area contributed by atoms with Crippen LogP contribution in [0.1, 0.15) is 5.69 Å². The molecule has 3 N–H and O–H groups in total. The van der Waals surface area contributed by atoms with Crippen LogP contribution in [0, 0.1) is 6.92 Å². The normalized spacial score (nSPS) is 10.5. The van der Waals surface area contributed by atoms with Crippen LogP contribution in [0.15, 0.2) is 18.3 Å². The Morgan fingerprint density at radius 1 is 1.38 bits per heavy atom. The molecule has 2 aromatic rings. The summed E-state index contributed by atoms with van der Waals surface area (Å²) >= 11 is 0. The van der Waals surface area contributed by atoms with Crippen molar-refractivity contribution in [3.8, 4) is 5.75 Å². The van der Waals surface area contributed by atoms with Crippen molar-refractivity contribution in [1.82, 2.24) is 9.97 Å². The maximum Gasteiger partial charge on any atom is 0.166 e. The first-order chi connectivity index (χ1) is 6.16. The Bertz CT molecular complexity index is 468. The average molecular weight is 175 g/mol. The Balaban J connectivity index is 2.81. The zero-order chi connectivity index (χ0) is 9.42. The van der Waals surface area contributed by atoms with Gasteiger partial charge < -0.3 is 10.8 Å². The molecule has 0 amide bonds. The molecule has 0 radical (unpaired) electrons. The molecule has 4 heteroatoms. The highest BCUT2D eigenvalue weighted by atomic mass is 16.3. The van der Waals surface area contributed by atoms with Crippen LogP contribution in [-0.4, -0.2) is 15.1 Å². The number of nitrogen functional groups attached to an aromatic ring is 1. The number of aromatic nitrogens is 2. The number of rotatable bonds is 0. The van der Waals surface area contributed by atoms with Crippen molar-refractivity contribution < 1.29 is 5.11 Å². The quantitative estimate of drug-likeness (QED) is 0.631. The molecule has 0 aromatic carbocycles. The first kappa shape index (κ1) is 7.79. The van der Waals surface area contributed by atoms with E-state index in [0.29, 0.717) is 0 Å². The van der Waals surface area contributed by atoms with Crippen molar-refractivity contribution in [3.63, 3.8) is 0 Å². The number of pyridine rings is 2. The number of hydrogen-bond acceptors (Lipinski definition) is 4. The predicted octanol–water partition coefficient (Wildman–Crippen LogP) is 1.23. The van der Waals surface area contributed by atoms with E-state index in [1.807, 2.05) is 13.0 Å². The van der Waals surface area contributed by atoms with E-state index >= 15 is 0 Å². The molecule has 0 aliphatic heterocycles. The Labute approximate surface area is 75.1 Å². The smallest absolute Gasteiger partial charge is 0.166 e. The first-order valence-electron chi connectivity index (χ1n) is 3.88. The summed E-state index contributed by atoms with van der Waals surface area (Å²) in [5.74, 6) is 0.149. The first-order valence-corrected chi connectivity index (χ1v) is 3.88. The van der Waals surface area contributed by atoms with Crippen LogP contribution >= 0.6 is 0 Å². The maximum atomic E-state index is 9.27. The van der Waals surface area contributed by atoms with Gasteiger partial charge in [-0.15, -0.1) is 0 Å². The molecule has 0 unspecified atom stereocenters. The minimum Gasteiger partial charge on any atom is -0.504 e. The SMILES string of the molecule is Cc1cc2nc(N)c(O)cc2cn1. The van der Waals surface area contributed by atoms with Crippen molar-refractivity contribution in [2.75, 3.05) is 5.73 Å². The second-order valence-corrected chi connectivity index (χ2v) is 2.91. The fourth-order valence-corrected chi connectivity index (χ4v) is 1.17. The van der Waals surface area contributed by atoms with E-state index in [1.165, 1.54) is 0 Å². The molecule has 0 fully saturated rings. The van der Waals surface area contributed by atoms with E-state index < -0.39 is 0 Å². The lowest BCUT2D eigenvalue weighted by atomic mass is 10.2. The molecule has 0 aliphatic carbocycles. The maximum absolute atomic E-state index is 9.27. The topological polar surface area (TPSA) is 72.0 Å². The fourth-order valence-electron chi connectivity index (χ4n) is 1.17. The molecule has 2 rings (SSSR count). The van der Waals surface area contributed by atoms with Gasteiger partial charge in [0.1, 0.15) is 0 Å². The lowest BCUT2D eigenvalue weighted by Gasteiger charge is -2.01. The van der Waals surface area contributed by atoms with Gasteiger partial charge in [0.2, 0.25) is 0 Å². The van der Waals surface area contributed by atoms with Gasteiger partial charge in [-0.1, -0.05) is 0 Å². The van der Waals surface area contributed by atoms with E-state index in [0.717, 1.165) is 16.6 Å². The lowest BCUT2D eigenvalue weighted by molar-refractivity contribution is 0.477. The minimum absolute atomic E-state index is 0.00171. The molecule has 66 valence electrons. The van der Waals surface area contributed by atoms with Gasteiger partial charge in [0.05, 0.1) is 5.52 Å². The molecule has 2 heterocycles. The summed E-state index contributed by atoms with van der Waals surface area (Å²) in [6, 6.07) is 3.38. The number of aromatic hydroxyl groups is 1. The van der Waals surface area contributed by atoms with E-state index in [2.05, 4.69) is 9.97 Å². The Morgan fingerprint density at radius 3 is 2.92 bits per heavy atom. The average Bonchev–Trinajstić information content (AvgIpc) is 2.08. The highest BCUT2D eigenvalue weighted by molar-refractivity contribution is 5.81. The number of anilines is 1. The number of nitrogens with two attached hydrogens (primary N) is 1. The zero-order valence-corrected chi connectivity index (χ0v) is 7.15.